The molecule has 126 valence electrons. The summed E-state index contributed by atoms with van der Waals surface area (Å²) in [5, 5.41) is 8.51. The standard InChI is InChI=1S/C20H34O2/c1-2-3-4-5-6-7-8-9-10-11-12-13-14-15-16-17-18-19-20(21)22/h6-9,14-15H,2-5,10-13,16-19H2,1H3,(H,21,22). The molecular formula is C20H34O2. The maximum absolute atomic E-state index is 10.3. The lowest BCUT2D eigenvalue weighted by Gasteiger charge is -1.95. The van der Waals surface area contributed by atoms with Gasteiger partial charge in [0.15, 0.2) is 0 Å². The number of hydrogen-bond donors (Lipinski definition) is 1. The lowest BCUT2D eigenvalue weighted by molar-refractivity contribution is -0.137. The summed E-state index contributed by atoms with van der Waals surface area (Å²) < 4.78 is 0. The molecule has 0 amide bonds. The third-order valence-electron chi connectivity index (χ3n) is 3.53. The normalized spacial score (nSPS) is 12.0. The molecule has 0 aliphatic heterocycles. The third kappa shape index (κ3) is 18.7. The van der Waals surface area contributed by atoms with E-state index >= 15 is 0 Å². The SMILES string of the molecule is CCCCCC=CC=CCCCCC=CCCCCC(=O)O. The predicted octanol–water partition coefficient (Wildman–Crippen LogP) is 6.44. The molecule has 0 aromatic heterocycles. The van der Waals surface area contributed by atoms with Crippen molar-refractivity contribution in [3.8, 4) is 0 Å². The summed E-state index contributed by atoms with van der Waals surface area (Å²) in [4.78, 5) is 10.3. The van der Waals surface area contributed by atoms with Gasteiger partial charge < -0.3 is 5.11 Å². The fraction of sp³-hybridized carbons (Fsp3) is 0.650. The smallest absolute Gasteiger partial charge is 0.303 e. The van der Waals surface area contributed by atoms with Crippen LogP contribution in [0.2, 0.25) is 0 Å². The van der Waals surface area contributed by atoms with Crippen LogP contribution in [0.5, 0.6) is 0 Å². The minimum atomic E-state index is -0.687. The van der Waals surface area contributed by atoms with Crippen LogP contribution in [-0.4, -0.2) is 11.1 Å². The van der Waals surface area contributed by atoms with E-state index in [0.717, 1.165) is 32.1 Å². The van der Waals surface area contributed by atoms with Gasteiger partial charge in [0.25, 0.3) is 0 Å². The summed E-state index contributed by atoms with van der Waals surface area (Å²) in [5.41, 5.74) is 0. The van der Waals surface area contributed by atoms with Crippen LogP contribution in [-0.2, 0) is 4.79 Å². The van der Waals surface area contributed by atoms with Crippen LogP contribution in [0.25, 0.3) is 0 Å². The zero-order valence-corrected chi connectivity index (χ0v) is 14.3. The molecule has 2 heteroatoms. The molecule has 0 atom stereocenters. The van der Waals surface area contributed by atoms with Gasteiger partial charge in [-0.1, -0.05) is 56.2 Å². The summed E-state index contributed by atoms with van der Waals surface area (Å²) in [6.45, 7) is 2.23. The van der Waals surface area contributed by atoms with Crippen molar-refractivity contribution < 1.29 is 9.90 Å². The van der Waals surface area contributed by atoms with Crippen LogP contribution in [0.4, 0.5) is 0 Å². The molecule has 0 aliphatic rings. The second-order valence-corrected chi connectivity index (χ2v) is 5.75. The minimum Gasteiger partial charge on any atom is -0.481 e. The van der Waals surface area contributed by atoms with Crippen molar-refractivity contribution in [1.82, 2.24) is 0 Å². The first-order valence-corrected chi connectivity index (χ1v) is 8.95. The molecule has 0 aromatic rings. The number of aliphatic carboxylic acids is 1. The van der Waals surface area contributed by atoms with E-state index in [2.05, 4.69) is 43.4 Å². The van der Waals surface area contributed by atoms with Gasteiger partial charge in [-0.25, -0.2) is 0 Å². The number of carboxylic acids is 1. The summed E-state index contributed by atoms with van der Waals surface area (Å²) in [5.74, 6) is -0.687. The van der Waals surface area contributed by atoms with E-state index in [1.54, 1.807) is 0 Å². The number of carbonyl (C=O) groups is 1. The molecule has 0 aromatic carbocycles. The van der Waals surface area contributed by atoms with Crippen LogP contribution in [0, 0.1) is 0 Å². The molecule has 0 heterocycles. The Hall–Kier alpha value is -1.31. The Kier molecular flexibility index (Phi) is 16.7. The number of unbranched alkanes of at least 4 members (excludes halogenated alkanes) is 8. The summed E-state index contributed by atoms with van der Waals surface area (Å²) in [7, 11) is 0. The van der Waals surface area contributed by atoms with Crippen molar-refractivity contribution in [1.29, 1.82) is 0 Å². The van der Waals surface area contributed by atoms with Crippen LogP contribution < -0.4 is 0 Å². The molecule has 0 fully saturated rings. The fourth-order valence-corrected chi connectivity index (χ4v) is 2.16. The van der Waals surface area contributed by atoms with Gasteiger partial charge in [-0.05, 0) is 57.8 Å². The molecule has 0 radical (unpaired) electrons. The van der Waals surface area contributed by atoms with Crippen molar-refractivity contribution in [3.63, 3.8) is 0 Å². The Morgan fingerprint density at radius 3 is 1.68 bits per heavy atom. The zero-order valence-electron chi connectivity index (χ0n) is 14.3. The Morgan fingerprint density at radius 2 is 1.18 bits per heavy atom. The van der Waals surface area contributed by atoms with Gasteiger partial charge in [0, 0.05) is 6.42 Å². The molecule has 0 unspecified atom stereocenters. The first kappa shape index (κ1) is 20.7. The van der Waals surface area contributed by atoms with E-state index in [9.17, 15) is 4.79 Å². The van der Waals surface area contributed by atoms with Gasteiger partial charge >= 0.3 is 5.97 Å². The topological polar surface area (TPSA) is 37.3 Å². The third-order valence-corrected chi connectivity index (χ3v) is 3.53. The molecule has 0 saturated carbocycles. The molecule has 2 nitrogen and oxygen atoms in total. The molecule has 0 aliphatic carbocycles. The van der Waals surface area contributed by atoms with Gasteiger partial charge in [0.1, 0.15) is 0 Å². The van der Waals surface area contributed by atoms with E-state index in [1.165, 1.54) is 38.5 Å². The zero-order chi connectivity index (χ0) is 16.3. The second-order valence-electron chi connectivity index (χ2n) is 5.75. The number of carboxylic acid groups (broad SMARTS) is 1. The summed E-state index contributed by atoms with van der Waals surface area (Å²) in [6.07, 6.45) is 26.3. The van der Waals surface area contributed by atoms with E-state index in [1.807, 2.05) is 0 Å². The van der Waals surface area contributed by atoms with Gasteiger partial charge in [-0.2, -0.15) is 0 Å². The van der Waals surface area contributed by atoms with Crippen molar-refractivity contribution in [2.45, 2.75) is 84.0 Å². The maximum Gasteiger partial charge on any atom is 0.303 e. The maximum atomic E-state index is 10.3. The monoisotopic (exact) mass is 306 g/mol. The minimum absolute atomic E-state index is 0.299. The fourth-order valence-electron chi connectivity index (χ4n) is 2.16. The van der Waals surface area contributed by atoms with Gasteiger partial charge in [-0.15, -0.1) is 0 Å². The van der Waals surface area contributed by atoms with Crippen LogP contribution in [0.1, 0.15) is 84.0 Å². The average molecular weight is 306 g/mol. The van der Waals surface area contributed by atoms with Gasteiger partial charge in [0.2, 0.25) is 0 Å². The van der Waals surface area contributed by atoms with Crippen molar-refractivity contribution >= 4 is 5.97 Å². The van der Waals surface area contributed by atoms with Crippen molar-refractivity contribution in [3.05, 3.63) is 36.5 Å². The van der Waals surface area contributed by atoms with Crippen LogP contribution in [0.15, 0.2) is 36.5 Å². The van der Waals surface area contributed by atoms with Crippen LogP contribution >= 0.6 is 0 Å². The van der Waals surface area contributed by atoms with Gasteiger partial charge in [0.05, 0.1) is 0 Å². The Bertz CT molecular complexity index is 327. The largest absolute Gasteiger partial charge is 0.481 e. The molecular weight excluding hydrogens is 272 g/mol. The lowest BCUT2D eigenvalue weighted by Crippen LogP contribution is -1.92. The quantitative estimate of drug-likeness (QED) is 0.215. The second kappa shape index (κ2) is 17.7. The molecule has 1 N–H and O–H groups in total. The Balaban J connectivity index is 3.26. The van der Waals surface area contributed by atoms with E-state index in [4.69, 9.17) is 5.11 Å². The van der Waals surface area contributed by atoms with Gasteiger partial charge in [-0.3, -0.25) is 4.79 Å². The highest BCUT2D eigenvalue weighted by atomic mass is 16.4. The molecule has 0 saturated heterocycles. The highest BCUT2D eigenvalue weighted by Crippen LogP contribution is 2.05. The van der Waals surface area contributed by atoms with Crippen molar-refractivity contribution in [2.75, 3.05) is 0 Å². The lowest BCUT2D eigenvalue weighted by atomic mass is 10.1. The van der Waals surface area contributed by atoms with Crippen molar-refractivity contribution in [2.24, 2.45) is 0 Å². The molecule has 0 bridgehead atoms. The molecule has 0 rings (SSSR count). The number of rotatable bonds is 15. The first-order valence-electron chi connectivity index (χ1n) is 8.95. The number of hydrogen-bond acceptors (Lipinski definition) is 1. The Morgan fingerprint density at radius 1 is 0.727 bits per heavy atom. The summed E-state index contributed by atoms with van der Waals surface area (Å²) in [6, 6.07) is 0. The first-order chi connectivity index (χ1) is 10.8. The Labute approximate surface area is 137 Å². The molecule has 0 spiro atoms. The highest BCUT2D eigenvalue weighted by Gasteiger charge is 1.94. The average Bonchev–Trinajstić information content (AvgIpc) is 2.50. The molecule has 22 heavy (non-hydrogen) atoms. The van der Waals surface area contributed by atoms with E-state index in [0.29, 0.717) is 6.42 Å². The summed E-state index contributed by atoms with van der Waals surface area (Å²) >= 11 is 0. The van der Waals surface area contributed by atoms with Crippen LogP contribution in [0.3, 0.4) is 0 Å². The highest BCUT2D eigenvalue weighted by molar-refractivity contribution is 5.66. The number of allylic oxidation sites excluding steroid dienone is 6. The predicted molar refractivity (Wildman–Crippen MR) is 96.1 cm³/mol. The van der Waals surface area contributed by atoms with E-state index < -0.39 is 5.97 Å². The van der Waals surface area contributed by atoms with E-state index in [-0.39, 0.29) is 0 Å².